The van der Waals surface area contributed by atoms with Gasteiger partial charge in [-0.3, -0.25) is 0 Å². The largest absolute Gasteiger partial charge is 0.306 e. The van der Waals surface area contributed by atoms with Gasteiger partial charge >= 0.3 is 0 Å². The molecular weight excluding hydrogens is 170 g/mol. The molecule has 76 valence electrons. The molecule has 1 unspecified atom stereocenters. The Hall–Kier alpha value is -0.820. The summed E-state index contributed by atoms with van der Waals surface area (Å²) in [5.74, 6) is 0.763. The number of likely N-dealkylation sites (N-methyl/N-ethyl adjacent to an activating group) is 1. The van der Waals surface area contributed by atoms with Crippen LogP contribution in [-0.2, 0) is 0 Å². The highest BCUT2D eigenvalue weighted by molar-refractivity contribution is 5.31. The van der Waals surface area contributed by atoms with Crippen LogP contribution in [-0.4, -0.2) is 25.0 Å². The molecule has 0 spiro atoms. The summed E-state index contributed by atoms with van der Waals surface area (Å²) in [5, 5.41) is 0. The normalized spacial score (nSPS) is 22.9. The van der Waals surface area contributed by atoms with Gasteiger partial charge in [0.15, 0.2) is 0 Å². The highest BCUT2D eigenvalue weighted by atomic mass is 15.1. The van der Waals surface area contributed by atoms with E-state index in [0.717, 1.165) is 5.92 Å². The van der Waals surface area contributed by atoms with Crippen LogP contribution in [0.15, 0.2) is 18.2 Å². The summed E-state index contributed by atoms with van der Waals surface area (Å²) in [4.78, 5) is 2.42. The molecule has 0 N–H and O–H groups in total. The maximum absolute atomic E-state index is 2.42. The Morgan fingerprint density at radius 2 is 1.79 bits per heavy atom. The third-order valence-electron chi connectivity index (χ3n) is 3.11. The van der Waals surface area contributed by atoms with Crippen molar-refractivity contribution in [2.75, 3.05) is 20.1 Å². The average Bonchev–Trinajstić information content (AvgIpc) is 2.50. The van der Waals surface area contributed by atoms with Crippen LogP contribution < -0.4 is 0 Å². The molecule has 1 heterocycles. The van der Waals surface area contributed by atoms with Gasteiger partial charge in [-0.1, -0.05) is 29.3 Å². The third-order valence-corrected chi connectivity index (χ3v) is 3.11. The van der Waals surface area contributed by atoms with Crippen LogP contribution in [0.2, 0.25) is 0 Å². The van der Waals surface area contributed by atoms with Gasteiger partial charge in [0, 0.05) is 6.54 Å². The van der Waals surface area contributed by atoms with Gasteiger partial charge in [-0.05, 0) is 45.3 Å². The second-order valence-corrected chi connectivity index (χ2v) is 4.67. The van der Waals surface area contributed by atoms with E-state index >= 15 is 0 Å². The first-order valence-electron chi connectivity index (χ1n) is 5.42. The van der Waals surface area contributed by atoms with Gasteiger partial charge in [-0.25, -0.2) is 0 Å². The summed E-state index contributed by atoms with van der Waals surface area (Å²) in [7, 11) is 2.21. The van der Waals surface area contributed by atoms with Crippen molar-refractivity contribution in [1.29, 1.82) is 0 Å². The number of benzene rings is 1. The van der Waals surface area contributed by atoms with Crippen LogP contribution in [0, 0.1) is 13.8 Å². The lowest BCUT2D eigenvalue weighted by Crippen LogP contribution is -2.13. The van der Waals surface area contributed by atoms with Crippen molar-refractivity contribution in [3.8, 4) is 0 Å². The van der Waals surface area contributed by atoms with Crippen molar-refractivity contribution in [1.82, 2.24) is 4.90 Å². The summed E-state index contributed by atoms with van der Waals surface area (Å²) < 4.78 is 0. The molecule has 2 rings (SSSR count). The molecule has 1 aromatic rings. The van der Waals surface area contributed by atoms with Crippen LogP contribution in [0.4, 0.5) is 0 Å². The molecule has 1 aliphatic rings. The van der Waals surface area contributed by atoms with Crippen molar-refractivity contribution in [2.45, 2.75) is 26.2 Å². The quantitative estimate of drug-likeness (QED) is 0.656. The van der Waals surface area contributed by atoms with Gasteiger partial charge in [0.2, 0.25) is 0 Å². The molecular formula is C13H19N. The van der Waals surface area contributed by atoms with E-state index in [1.54, 1.807) is 0 Å². The Morgan fingerprint density at radius 3 is 2.29 bits per heavy atom. The minimum atomic E-state index is 0.763. The molecule has 1 atom stereocenters. The van der Waals surface area contributed by atoms with E-state index in [0.29, 0.717) is 0 Å². The first kappa shape index (κ1) is 9.72. The zero-order valence-corrected chi connectivity index (χ0v) is 9.38. The van der Waals surface area contributed by atoms with E-state index < -0.39 is 0 Å². The van der Waals surface area contributed by atoms with Crippen molar-refractivity contribution >= 4 is 0 Å². The Bertz CT molecular complexity index is 310. The topological polar surface area (TPSA) is 3.24 Å². The van der Waals surface area contributed by atoms with Crippen LogP contribution in [0.1, 0.15) is 29.0 Å². The van der Waals surface area contributed by atoms with Crippen molar-refractivity contribution < 1.29 is 0 Å². The molecule has 1 fully saturated rings. The molecule has 1 nitrogen and oxygen atoms in total. The molecule has 0 amide bonds. The molecule has 0 radical (unpaired) electrons. The molecule has 14 heavy (non-hydrogen) atoms. The first-order chi connectivity index (χ1) is 6.65. The molecule has 0 bridgehead atoms. The van der Waals surface area contributed by atoms with Crippen molar-refractivity contribution in [3.63, 3.8) is 0 Å². The number of hydrogen-bond acceptors (Lipinski definition) is 1. The summed E-state index contributed by atoms with van der Waals surface area (Å²) >= 11 is 0. The maximum atomic E-state index is 2.42. The zero-order valence-electron chi connectivity index (χ0n) is 9.38. The summed E-state index contributed by atoms with van der Waals surface area (Å²) in [6, 6.07) is 6.94. The fourth-order valence-electron chi connectivity index (χ4n) is 2.45. The third kappa shape index (κ3) is 1.98. The van der Waals surface area contributed by atoms with Crippen LogP contribution >= 0.6 is 0 Å². The van der Waals surface area contributed by atoms with Gasteiger partial charge in [0.25, 0.3) is 0 Å². The lowest BCUT2D eigenvalue weighted by molar-refractivity contribution is 0.411. The number of nitrogens with zero attached hydrogens (tertiary/aromatic N) is 1. The zero-order chi connectivity index (χ0) is 10.1. The molecule has 0 aliphatic carbocycles. The molecule has 0 aromatic heterocycles. The minimum Gasteiger partial charge on any atom is -0.306 e. The number of rotatable bonds is 1. The Labute approximate surface area is 86.7 Å². The Kier molecular flexibility index (Phi) is 2.60. The standard InChI is InChI=1S/C13H19N/c1-10-6-11(2)8-13(7-10)12-4-5-14(3)9-12/h6-8,12H,4-5,9H2,1-3H3. The van der Waals surface area contributed by atoms with Crippen molar-refractivity contribution in [2.24, 2.45) is 0 Å². The molecule has 1 heteroatoms. The molecule has 0 saturated carbocycles. The predicted octanol–water partition coefficient (Wildman–Crippen LogP) is 2.72. The lowest BCUT2D eigenvalue weighted by Gasteiger charge is -2.12. The monoisotopic (exact) mass is 189 g/mol. The second kappa shape index (κ2) is 3.74. The van der Waals surface area contributed by atoms with E-state index in [1.165, 1.54) is 36.2 Å². The Morgan fingerprint density at radius 1 is 1.14 bits per heavy atom. The number of likely N-dealkylation sites (tertiary alicyclic amines) is 1. The highest BCUT2D eigenvalue weighted by Gasteiger charge is 2.20. The minimum absolute atomic E-state index is 0.763. The van der Waals surface area contributed by atoms with Gasteiger partial charge < -0.3 is 4.90 Å². The smallest absolute Gasteiger partial charge is 0.00477 e. The summed E-state index contributed by atoms with van der Waals surface area (Å²) in [5.41, 5.74) is 4.33. The predicted molar refractivity (Wildman–Crippen MR) is 60.8 cm³/mol. The SMILES string of the molecule is Cc1cc(C)cc(C2CCN(C)C2)c1. The van der Waals surface area contributed by atoms with Crippen LogP contribution in [0.3, 0.4) is 0 Å². The number of aryl methyl sites for hydroxylation is 2. The Balaban J connectivity index is 2.23. The fourth-order valence-corrected chi connectivity index (χ4v) is 2.45. The molecule has 1 aliphatic heterocycles. The maximum Gasteiger partial charge on any atom is 0.00477 e. The van der Waals surface area contributed by atoms with Gasteiger partial charge in [0.1, 0.15) is 0 Å². The summed E-state index contributed by atoms with van der Waals surface area (Å²) in [6.45, 7) is 6.85. The van der Waals surface area contributed by atoms with E-state index in [-0.39, 0.29) is 0 Å². The van der Waals surface area contributed by atoms with Crippen molar-refractivity contribution in [3.05, 3.63) is 34.9 Å². The van der Waals surface area contributed by atoms with E-state index in [4.69, 9.17) is 0 Å². The van der Waals surface area contributed by atoms with Gasteiger partial charge in [-0.15, -0.1) is 0 Å². The first-order valence-corrected chi connectivity index (χ1v) is 5.42. The fraction of sp³-hybridized carbons (Fsp3) is 0.538. The van der Waals surface area contributed by atoms with Gasteiger partial charge in [-0.2, -0.15) is 0 Å². The van der Waals surface area contributed by atoms with Gasteiger partial charge in [0.05, 0.1) is 0 Å². The van der Waals surface area contributed by atoms with E-state index in [2.05, 4.69) is 44.0 Å². The highest BCUT2D eigenvalue weighted by Crippen LogP contribution is 2.27. The number of hydrogen-bond donors (Lipinski definition) is 0. The average molecular weight is 189 g/mol. The van der Waals surface area contributed by atoms with E-state index in [9.17, 15) is 0 Å². The lowest BCUT2D eigenvalue weighted by atomic mass is 9.95. The van der Waals surface area contributed by atoms with Crippen LogP contribution in [0.25, 0.3) is 0 Å². The van der Waals surface area contributed by atoms with E-state index in [1.807, 2.05) is 0 Å². The van der Waals surface area contributed by atoms with Crippen LogP contribution in [0.5, 0.6) is 0 Å². The summed E-state index contributed by atoms with van der Waals surface area (Å²) in [6.07, 6.45) is 1.32. The second-order valence-electron chi connectivity index (χ2n) is 4.67. The molecule has 1 saturated heterocycles. The molecule has 1 aromatic carbocycles.